The van der Waals surface area contributed by atoms with Crippen molar-refractivity contribution in [3.05, 3.63) is 216 Å². The molecular weight excluding hydrogens is 765 g/mol. The zero-order valence-electron chi connectivity index (χ0n) is 33.5. The average molecular weight is 805 g/mol. The lowest BCUT2D eigenvalue weighted by molar-refractivity contribution is 0.469. The highest BCUT2D eigenvalue weighted by Crippen LogP contribution is 2.48. The smallest absolute Gasteiger partial charge is 0.132 e. The van der Waals surface area contributed by atoms with Crippen molar-refractivity contribution in [2.45, 2.75) is 12.1 Å². The maximum absolute atomic E-state index is 12.3. The fraction of sp³-hybridized carbons (Fsp3) is 0.0357. The molecule has 0 aliphatic rings. The third kappa shape index (κ3) is 6.83. The lowest BCUT2D eigenvalue weighted by Crippen LogP contribution is -2.09. The van der Waals surface area contributed by atoms with Crippen LogP contribution in [0.15, 0.2) is 204 Å². The number of benzene rings is 10. The number of fused-ring (bicyclic) bond motifs is 4. The summed E-state index contributed by atoms with van der Waals surface area (Å²) in [5.74, 6) is 0.122. The molecule has 0 bridgehead atoms. The standard InChI is InChI=1S/C56H40N2O4/c59-47-29-27-35-15-7-11-23-43(35)49(47)51-45-25-13-9-21-39(45)31-41(55(51)61)33-57-53(37-17-3-1-4-18-37)54(38-19-5-2-6-20-38)58-34-42-32-40-22-10-14-26-46(40)52(56(42)62)50-44-24-12-8-16-36(44)28-30-48(50)60/h1-34,53-54,59-62H/t53-,54-/m1/s1. The van der Waals surface area contributed by atoms with Crippen molar-refractivity contribution in [3.8, 4) is 45.3 Å². The molecule has 0 aromatic heterocycles. The van der Waals surface area contributed by atoms with Crippen molar-refractivity contribution in [1.82, 2.24) is 0 Å². The first-order valence-corrected chi connectivity index (χ1v) is 20.5. The Morgan fingerprint density at radius 2 is 0.645 bits per heavy atom. The lowest BCUT2D eigenvalue weighted by atomic mass is 9.90. The van der Waals surface area contributed by atoms with E-state index in [0.29, 0.717) is 33.4 Å². The largest absolute Gasteiger partial charge is 0.507 e. The lowest BCUT2D eigenvalue weighted by Gasteiger charge is -2.22. The predicted molar refractivity (Wildman–Crippen MR) is 254 cm³/mol. The van der Waals surface area contributed by atoms with E-state index in [1.165, 1.54) is 0 Å². The number of phenols is 4. The molecule has 0 fully saturated rings. The Morgan fingerprint density at radius 1 is 0.323 bits per heavy atom. The maximum Gasteiger partial charge on any atom is 0.132 e. The van der Waals surface area contributed by atoms with Crippen LogP contribution in [-0.4, -0.2) is 32.9 Å². The van der Waals surface area contributed by atoms with Gasteiger partial charge < -0.3 is 20.4 Å². The Balaban J connectivity index is 1.15. The second kappa shape index (κ2) is 16.1. The molecule has 6 nitrogen and oxygen atoms in total. The van der Waals surface area contributed by atoms with Gasteiger partial charge in [0.1, 0.15) is 35.1 Å². The van der Waals surface area contributed by atoms with E-state index >= 15 is 0 Å². The molecule has 0 saturated heterocycles. The van der Waals surface area contributed by atoms with Crippen molar-refractivity contribution >= 4 is 55.5 Å². The van der Waals surface area contributed by atoms with E-state index in [-0.39, 0.29) is 23.0 Å². The molecule has 6 heteroatoms. The molecule has 0 unspecified atom stereocenters. The van der Waals surface area contributed by atoms with Gasteiger partial charge in [-0.1, -0.05) is 170 Å². The summed E-state index contributed by atoms with van der Waals surface area (Å²) in [5.41, 5.74) is 4.88. The second-order valence-corrected chi connectivity index (χ2v) is 15.5. The van der Waals surface area contributed by atoms with Crippen LogP contribution in [0.25, 0.3) is 65.3 Å². The fourth-order valence-electron chi connectivity index (χ4n) is 8.79. The topological polar surface area (TPSA) is 106 Å². The molecule has 0 radical (unpaired) electrons. The van der Waals surface area contributed by atoms with Gasteiger partial charge in [0, 0.05) is 45.8 Å². The van der Waals surface area contributed by atoms with E-state index in [0.717, 1.165) is 54.2 Å². The van der Waals surface area contributed by atoms with Gasteiger partial charge in [0.2, 0.25) is 0 Å². The second-order valence-electron chi connectivity index (χ2n) is 15.5. The van der Waals surface area contributed by atoms with E-state index in [1.807, 2.05) is 182 Å². The number of phenolic OH excluding ortho intramolecular Hbond substituents is 4. The molecule has 10 aromatic carbocycles. The number of nitrogens with zero attached hydrogens (tertiary/aromatic N) is 2. The number of rotatable bonds is 9. The highest BCUT2D eigenvalue weighted by molar-refractivity contribution is 6.13. The van der Waals surface area contributed by atoms with Gasteiger partial charge >= 0.3 is 0 Å². The quantitative estimate of drug-likeness (QED) is 0.109. The van der Waals surface area contributed by atoms with E-state index in [2.05, 4.69) is 0 Å². The Hall–Kier alpha value is -8.22. The van der Waals surface area contributed by atoms with Crippen LogP contribution in [0.4, 0.5) is 0 Å². The monoisotopic (exact) mass is 804 g/mol. The van der Waals surface area contributed by atoms with Gasteiger partial charge in [0.25, 0.3) is 0 Å². The predicted octanol–water partition coefficient (Wildman–Crippen LogP) is 13.5. The zero-order valence-corrected chi connectivity index (χ0v) is 33.5. The molecule has 10 aromatic rings. The van der Waals surface area contributed by atoms with E-state index in [1.54, 1.807) is 24.6 Å². The summed E-state index contributed by atoms with van der Waals surface area (Å²) in [7, 11) is 0. The third-order valence-electron chi connectivity index (χ3n) is 11.7. The summed E-state index contributed by atoms with van der Waals surface area (Å²) in [4.78, 5) is 10.5. The summed E-state index contributed by atoms with van der Waals surface area (Å²) >= 11 is 0. The Morgan fingerprint density at radius 3 is 1.03 bits per heavy atom. The zero-order chi connectivity index (χ0) is 42.2. The van der Waals surface area contributed by atoms with E-state index in [4.69, 9.17) is 9.98 Å². The van der Waals surface area contributed by atoms with Crippen LogP contribution in [0.3, 0.4) is 0 Å². The highest BCUT2D eigenvalue weighted by Gasteiger charge is 2.26. The van der Waals surface area contributed by atoms with Crippen LogP contribution in [0.1, 0.15) is 34.3 Å². The molecule has 2 atom stereocenters. The summed E-state index contributed by atoms with van der Waals surface area (Å²) in [6.45, 7) is 0. The van der Waals surface area contributed by atoms with Gasteiger partial charge in [-0.3, -0.25) is 9.98 Å². The summed E-state index contributed by atoms with van der Waals surface area (Å²) in [6.07, 6.45) is 3.40. The summed E-state index contributed by atoms with van der Waals surface area (Å²) in [5, 5.41) is 54.2. The molecule has 0 spiro atoms. The van der Waals surface area contributed by atoms with Gasteiger partial charge in [-0.2, -0.15) is 0 Å². The SMILES string of the molecule is Oc1ccc2ccccc2c1-c1c(O)c(C=N[C@H](c2ccccc2)[C@H](N=Cc2cc3ccccc3c(-c3c(O)ccc4ccccc34)c2O)c2ccccc2)cc2ccccc12. The number of hydrogen-bond acceptors (Lipinski definition) is 6. The van der Waals surface area contributed by atoms with Crippen molar-refractivity contribution in [3.63, 3.8) is 0 Å². The molecule has 0 heterocycles. The van der Waals surface area contributed by atoms with Crippen LogP contribution in [0, 0.1) is 0 Å². The minimum absolute atomic E-state index is 0.00372. The van der Waals surface area contributed by atoms with Gasteiger partial charge in [-0.05, 0) is 78.5 Å². The average Bonchev–Trinajstić information content (AvgIpc) is 3.31. The normalized spacial score (nSPS) is 12.8. The van der Waals surface area contributed by atoms with Crippen LogP contribution >= 0.6 is 0 Å². The van der Waals surface area contributed by atoms with Crippen LogP contribution in [-0.2, 0) is 0 Å². The van der Waals surface area contributed by atoms with Crippen LogP contribution < -0.4 is 0 Å². The molecule has 0 saturated carbocycles. The number of hydrogen-bond donors (Lipinski definition) is 4. The molecule has 0 aliphatic heterocycles. The van der Waals surface area contributed by atoms with Crippen molar-refractivity contribution < 1.29 is 20.4 Å². The molecule has 298 valence electrons. The molecular formula is C56H40N2O4. The maximum atomic E-state index is 12.3. The van der Waals surface area contributed by atoms with Crippen LogP contribution in [0.2, 0.25) is 0 Å². The minimum Gasteiger partial charge on any atom is -0.507 e. The minimum atomic E-state index is -0.584. The van der Waals surface area contributed by atoms with Gasteiger partial charge in [0.15, 0.2) is 0 Å². The first-order valence-electron chi connectivity index (χ1n) is 20.5. The number of aliphatic imine (C=N–C) groups is 2. The van der Waals surface area contributed by atoms with Crippen molar-refractivity contribution in [1.29, 1.82) is 0 Å². The molecule has 10 rings (SSSR count). The van der Waals surface area contributed by atoms with Crippen molar-refractivity contribution in [2.24, 2.45) is 9.98 Å². The Bertz CT molecular complexity index is 3140. The third-order valence-corrected chi connectivity index (χ3v) is 11.7. The van der Waals surface area contributed by atoms with E-state index < -0.39 is 12.1 Å². The fourth-order valence-corrected chi connectivity index (χ4v) is 8.79. The first kappa shape index (κ1) is 38.0. The first-order chi connectivity index (χ1) is 30.4. The molecule has 62 heavy (non-hydrogen) atoms. The number of aromatic hydroxyl groups is 4. The van der Waals surface area contributed by atoms with Gasteiger partial charge in [-0.25, -0.2) is 0 Å². The van der Waals surface area contributed by atoms with Crippen LogP contribution in [0.5, 0.6) is 23.0 Å². The van der Waals surface area contributed by atoms with Gasteiger partial charge in [0.05, 0.1) is 0 Å². The van der Waals surface area contributed by atoms with E-state index in [9.17, 15) is 20.4 Å². The molecule has 0 aliphatic carbocycles. The highest BCUT2D eigenvalue weighted by atomic mass is 16.3. The molecule has 4 N–H and O–H groups in total. The molecule has 0 amide bonds. The Kier molecular flexibility index (Phi) is 9.87. The summed E-state index contributed by atoms with van der Waals surface area (Å²) in [6, 6.07) is 60.9. The van der Waals surface area contributed by atoms with Crippen molar-refractivity contribution in [2.75, 3.05) is 0 Å². The van der Waals surface area contributed by atoms with Gasteiger partial charge in [-0.15, -0.1) is 0 Å². The Labute approximate surface area is 358 Å². The summed E-state index contributed by atoms with van der Waals surface area (Å²) < 4.78 is 0.